The third-order valence-electron chi connectivity index (χ3n) is 3.98. The van der Waals surface area contributed by atoms with E-state index in [9.17, 15) is 13.2 Å². The van der Waals surface area contributed by atoms with E-state index in [4.69, 9.17) is 20.8 Å². The van der Waals surface area contributed by atoms with E-state index in [-0.39, 0.29) is 23.8 Å². The summed E-state index contributed by atoms with van der Waals surface area (Å²) in [5, 5.41) is 1.95. The Kier molecular flexibility index (Phi) is 6.38. The number of hydrogen-bond donors (Lipinski definition) is 1. The lowest BCUT2D eigenvalue weighted by Gasteiger charge is -2.17. The number of carbonyl (C=O) groups is 1. The number of sulfone groups is 1. The highest BCUT2D eigenvalue weighted by Crippen LogP contribution is 2.29. The summed E-state index contributed by atoms with van der Waals surface area (Å²) in [7, 11) is -3.81. The van der Waals surface area contributed by atoms with Gasteiger partial charge in [-0.25, -0.2) is 8.42 Å². The number of halogens is 1. The summed E-state index contributed by atoms with van der Waals surface area (Å²) in [6, 6.07) is 17.9. The largest absolute Gasteiger partial charge is 0.484 e. The third kappa shape index (κ3) is 4.94. The molecule has 1 unspecified atom stereocenters. The summed E-state index contributed by atoms with van der Waals surface area (Å²) in [6.45, 7) is -0.384. The van der Waals surface area contributed by atoms with Gasteiger partial charge < -0.3 is 14.5 Å². The summed E-state index contributed by atoms with van der Waals surface area (Å²) in [4.78, 5) is 12.2. The van der Waals surface area contributed by atoms with Crippen LogP contribution in [-0.4, -0.2) is 27.5 Å². The van der Waals surface area contributed by atoms with E-state index < -0.39 is 21.0 Å². The molecule has 146 valence electrons. The van der Waals surface area contributed by atoms with Crippen molar-refractivity contribution < 1.29 is 22.4 Å². The molecule has 3 aromatic rings. The van der Waals surface area contributed by atoms with Crippen molar-refractivity contribution in [1.29, 1.82) is 0 Å². The van der Waals surface area contributed by atoms with Gasteiger partial charge in [-0.3, -0.25) is 4.79 Å². The Morgan fingerprint density at radius 3 is 2.39 bits per heavy atom. The highest BCUT2D eigenvalue weighted by Gasteiger charge is 2.31. The fourth-order valence-corrected chi connectivity index (χ4v) is 4.26. The molecule has 1 atom stereocenters. The molecule has 28 heavy (non-hydrogen) atoms. The first-order valence-corrected chi connectivity index (χ1v) is 10.4. The second kappa shape index (κ2) is 8.95. The van der Waals surface area contributed by atoms with Gasteiger partial charge >= 0.3 is 0 Å². The maximum absolute atomic E-state index is 13.0. The van der Waals surface area contributed by atoms with Gasteiger partial charge in [-0.2, -0.15) is 0 Å². The molecule has 0 saturated carbocycles. The molecular formula is C20H18ClNO5S. The first-order chi connectivity index (χ1) is 13.5. The van der Waals surface area contributed by atoms with E-state index in [0.717, 1.165) is 0 Å². The minimum atomic E-state index is -3.81. The molecular weight excluding hydrogens is 402 g/mol. The third-order valence-corrected chi connectivity index (χ3v) is 6.30. The number of para-hydroxylation sites is 1. The number of hydrogen-bond acceptors (Lipinski definition) is 5. The van der Waals surface area contributed by atoms with Crippen LogP contribution in [0, 0.1) is 0 Å². The standard InChI is InChI=1S/C20H18ClNO5S/c21-15-8-10-17(11-9-15)28(24,25)19(18-7-4-12-26-18)13-22-20(23)14-27-16-5-2-1-3-6-16/h1-12,19H,13-14H2,(H,22,23). The van der Waals surface area contributed by atoms with E-state index in [2.05, 4.69) is 5.32 Å². The van der Waals surface area contributed by atoms with Crippen LogP contribution in [0.3, 0.4) is 0 Å². The lowest BCUT2D eigenvalue weighted by molar-refractivity contribution is -0.123. The second-order valence-corrected chi connectivity index (χ2v) is 8.48. The molecule has 1 aromatic heterocycles. The normalized spacial score (nSPS) is 12.3. The van der Waals surface area contributed by atoms with Crippen molar-refractivity contribution in [3.8, 4) is 5.75 Å². The van der Waals surface area contributed by atoms with Gasteiger partial charge in [0.15, 0.2) is 16.4 Å². The van der Waals surface area contributed by atoms with Crippen molar-refractivity contribution in [3.05, 3.63) is 83.8 Å². The van der Waals surface area contributed by atoms with E-state index in [1.54, 1.807) is 36.4 Å². The molecule has 6 nitrogen and oxygen atoms in total. The summed E-state index contributed by atoms with van der Waals surface area (Å²) in [5.41, 5.74) is 0. The summed E-state index contributed by atoms with van der Waals surface area (Å²) in [6.07, 6.45) is 1.39. The molecule has 0 aliphatic rings. The number of ether oxygens (including phenoxy) is 1. The summed E-state index contributed by atoms with van der Waals surface area (Å²) >= 11 is 5.84. The Morgan fingerprint density at radius 1 is 1.04 bits per heavy atom. The SMILES string of the molecule is O=C(COc1ccccc1)NCC(c1ccco1)S(=O)(=O)c1ccc(Cl)cc1. The number of rotatable bonds is 8. The molecule has 0 aliphatic carbocycles. The van der Waals surface area contributed by atoms with Gasteiger partial charge in [-0.05, 0) is 48.5 Å². The highest BCUT2D eigenvalue weighted by molar-refractivity contribution is 7.91. The molecule has 0 aliphatic heterocycles. The Morgan fingerprint density at radius 2 is 1.75 bits per heavy atom. The Hall–Kier alpha value is -2.77. The predicted molar refractivity (Wildman–Crippen MR) is 105 cm³/mol. The first-order valence-electron chi connectivity index (χ1n) is 8.44. The van der Waals surface area contributed by atoms with Gasteiger partial charge in [0.05, 0.1) is 11.2 Å². The molecule has 1 amide bonds. The van der Waals surface area contributed by atoms with Crippen LogP contribution in [0.5, 0.6) is 5.75 Å². The molecule has 0 radical (unpaired) electrons. The van der Waals surface area contributed by atoms with Gasteiger partial charge in [0.1, 0.15) is 16.8 Å². The average Bonchev–Trinajstić information content (AvgIpc) is 3.22. The lowest BCUT2D eigenvalue weighted by atomic mass is 10.3. The number of carbonyl (C=O) groups excluding carboxylic acids is 1. The van der Waals surface area contributed by atoms with Crippen molar-refractivity contribution in [2.24, 2.45) is 0 Å². The van der Waals surface area contributed by atoms with Gasteiger partial charge in [-0.15, -0.1) is 0 Å². The zero-order valence-corrected chi connectivity index (χ0v) is 16.3. The van der Waals surface area contributed by atoms with Crippen LogP contribution in [0.15, 0.2) is 82.3 Å². The predicted octanol–water partition coefficient (Wildman–Crippen LogP) is 3.64. The van der Waals surface area contributed by atoms with Crippen LogP contribution in [0.4, 0.5) is 0 Å². The lowest BCUT2D eigenvalue weighted by Crippen LogP contribution is -2.34. The van der Waals surface area contributed by atoms with Crippen molar-refractivity contribution in [3.63, 3.8) is 0 Å². The van der Waals surface area contributed by atoms with Crippen LogP contribution in [0.25, 0.3) is 0 Å². The molecule has 0 bridgehead atoms. The molecule has 0 spiro atoms. The Labute approximate surface area is 168 Å². The minimum absolute atomic E-state index is 0.0908. The van der Waals surface area contributed by atoms with Crippen LogP contribution < -0.4 is 10.1 Å². The summed E-state index contributed by atoms with van der Waals surface area (Å²) in [5.74, 6) is 0.347. The van der Waals surface area contributed by atoms with Crippen LogP contribution in [0.2, 0.25) is 5.02 Å². The zero-order chi connectivity index (χ0) is 20.0. The van der Waals surface area contributed by atoms with E-state index in [1.165, 1.54) is 30.5 Å². The van der Waals surface area contributed by atoms with Crippen molar-refractivity contribution in [2.75, 3.05) is 13.2 Å². The fourth-order valence-electron chi connectivity index (χ4n) is 2.55. The molecule has 3 rings (SSSR count). The topological polar surface area (TPSA) is 85.6 Å². The second-order valence-electron chi connectivity index (χ2n) is 5.91. The maximum Gasteiger partial charge on any atom is 0.257 e. The number of furan rings is 1. The highest BCUT2D eigenvalue weighted by atomic mass is 35.5. The van der Waals surface area contributed by atoms with Crippen molar-refractivity contribution >= 4 is 27.3 Å². The molecule has 0 saturated heterocycles. The summed E-state index contributed by atoms with van der Waals surface area (Å²) < 4.78 is 36.8. The zero-order valence-electron chi connectivity index (χ0n) is 14.7. The molecule has 1 N–H and O–H groups in total. The fraction of sp³-hybridized carbons (Fsp3) is 0.150. The molecule has 0 fully saturated rings. The quantitative estimate of drug-likeness (QED) is 0.602. The van der Waals surface area contributed by atoms with E-state index >= 15 is 0 Å². The van der Waals surface area contributed by atoms with Crippen molar-refractivity contribution in [2.45, 2.75) is 10.1 Å². The molecule has 1 heterocycles. The van der Waals surface area contributed by atoms with E-state index in [0.29, 0.717) is 10.8 Å². The van der Waals surface area contributed by atoms with Gasteiger partial charge in [0, 0.05) is 11.6 Å². The van der Waals surface area contributed by atoms with Gasteiger partial charge in [0.2, 0.25) is 0 Å². The Bertz CT molecular complexity index is 1000. The molecule has 2 aromatic carbocycles. The monoisotopic (exact) mass is 419 g/mol. The smallest absolute Gasteiger partial charge is 0.257 e. The molecule has 8 heteroatoms. The maximum atomic E-state index is 13.0. The minimum Gasteiger partial charge on any atom is -0.484 e. The Balaban J connectivity index is 1.71. The van der Waals surface area contributed by atoms with Crippen LogP contribution in [-0.2, 0) is 14.6 Å². The number of amides is 1. The van der Waals surface area contributed by atoms with Crippen LogP contribution in [0.1, 0.15) is 11.0 Å². The van der Waals surface area contributed by atoms with Crippen molar-refractivity contribution in [1.82, 2.24) is 5.32 Å². The van der Waals surface area contributed by atoms with Crippen LogP contribution >= 0.6 is 11.6 Å². The van der Waals surface area contributed by atoms with E-state index in [1.807, 2.05) is 6.07 Å². The number of nitrogens with one attached hydrogen (secondary N) is 1. The van der Waals surface area contributed by atoms with Gasteiger partial charge in [0.25, 0.3) is 5.91 Å². The van der Waals surface area contributed by atoms with Gasteiger partial charge in [-0.1, -0.05) is 29.8 Å². The number of benzene rings is 2. The first kappa shape index (κ1) is 20.0. The average molecular weight is 420 g/mol.